The summed E-state index contributed by atoms with van der Waals surface area (Å²) >= 11 is 0. The minimum atomic E-state index is -0.895. The molecule has 0 aromatic heterocycles. The quantitative estimate of drug-likeness (QED) is 0.711. The zero-order chi connectivity index (χ0) is 14.5. The number of nitrogens with two attached hydrogens (primary N) is 1. The number of rotatable bonds is 6. The van der Waals surface area contributed by atoms with Gasteiger partial charge < -0.3 is 15.8 Å². The van der Waals surface area contributed by atoms with Crippen molar-refractivity contribution in [3.8, 4) is 0 Å². The fraction of sp³-hybridized carbons (Fsp3) is 0.857. The summed E-state index contributed by atoms with van der Waals surface area (Å²) in [5, 5.41) is 2.92. The third kappa shape index (κ3) is 3.26. The van der Waals surface area contributed by atoms with Gasteiger partial charge >= 0.3 is 5.97 Å². The third-order valence-electron chi connectivity index (χ3n) is 4.44. The summed E-state index contributed by atoms with van der Waals surface area (Å²) in [5.41, 5.74) is 4.81. The molecule has 0 spiro atoms. The van der Waals surface area contributed by atoms with Gasteiger partial charge in [0, 0.05) is 5.92 Å². The number of methoxy groups -OCH3 is 1. The Morgan fingerprint density at radius 2 is 1.95 bits per heavy atom. The predicted octanol–water partition coefficient (Wildman–Crippen LogP) is 1.21. The standard InChI is InChI=1S/C14H26N2O3/c1-4-14(5-2,13(18)19-3)16-12(17)11-8-6-7-10(11)9-15/h10-11H,4-9,15H2,1-3H3,(H,16,17)/t10-,11-/m1/s1. The Hall–Kier alpha value is -1.10. The van der Waals surface area contributed by atoms with Crippen LogP contribution in [0.4, 0.5) is 0 Å². The summed E-state index contributed by atoms with van der Waals surface area (Å²) in [6.07, 6.45) is 3.95. The molecule has 1 fully saturated rings. The van der Waals surface area contributed by atoms with Crippen molar-refractivity contribution in [2.75, 3.05) is 13.7 Å². The monoisotopic (exact) mass is 270 g/mol. The number of hydrogen-bond acceptors (Lipinski definition) is 4. The van der Waals surface area contributed by atoms with E-state index in [1.54, 1.807) is 0 Å². The molecule has 1 rings (SSSR count). The molecule has 1 amide bonds. The van der Waals surface area contributed by atoms with Crippen LogP contribution in [-0.2, 0) is 14.3 Å². The molecule has 1 aliphatic carbocycles. The summed E-state index contributed by atoms with van der Waals surface area (Å²) in [5.74, 6) is -0.244. The molecule has 0 bridgehead atoms. The van der Waals surface area contributed by atoms with Gasteiger partial charge in [0.1, 0.15) is 5.54 Å². The van der Waals surface area contributed by atoms with Gasteiger partial charge in [0.25, 0.3) is 0 Å². The highest BCUT2D eigenvalue weighted by Crippen LogP contribution is 2.32. The fourth-order valence-corrected chi connectivity index (χ4v) is 2.95. The Bertz CT molecular complexity index is 327. The van der Waals surface area contributed by atoms with Crippen LogP contribution < -0.4 is 11.1 Å². The normalized spacial score (nSPS) is 23.2. The van der Waals surface area contributed by atoms with Gasteiger partial charge in [0.15, 0.2) is 0 Å². The zero-order valence-corrected chi connectivity index (χ0v) is 12.2. The number of amides is 1. The van der Waals surface area contributed by atoms with E-state index in [1.807, 2.05) is 13.8 Å². The lowest BCUT2D eigenvalue weighted by Crippen LogP contribution is -2.56. The van der Waals surface area contributed by atoms with Gasteiger partial charge in [-0.05, 0) is 38.1 Å². The first-order valence-corrected chi connectivity index (χ1v) is 7.15. The van der Waals surface area contributed by atoms with Gasteiger partial charge in [0.2, 0.25) is 5.91 Å². The maximum absolute atomic E-state index is 12.4. The molecular formula is C14H26N2O3. The summed E-state index contributed by atoms with van der Waals surface area (Å²) in [6.45, 7) is 4.30. The molecule has 0 heterocycles. The molecule has 3 N–H and O–H groups in total. The summed E-state index contributed by atoms with van der Waals surface area (Å²) < 4.78 is 4.84. The molecule has 0 unspecified atom stereocenters. The van der Waals surface area contributed by atoms with Crippen molar-refractivity contribution in [1.29, 1.82) is 0 Å². The second-order valence-corrected chi connectivity index (χ2v) is 5.30. The second-order valence-electron chi connectivity index (χ2n) is 5.30. The Balaban J connectivity index is 2.79. The van der Waals surface area contributed by atoms with Gasteiger partial charge in [-0.15, -0.1) is 0 Å². The van der Waals surface area contributed by atoms with Crippen LogP contribution in [-0.4, -0.2) is 31.1 Å². The molecule has 0 saturated heterocycles. The lowest BCUT2D eigenvalue weighted by Gasteiger charge is -2.31. The lowest BCUT2D eigenvalue weighted by molar-refractivity contribution is -0.152. The van der Waals surface area contributed by atoms with Crippen LogP contribution in [0.15, 0.2) is 0 Å². The molecule has 2 atom stereocenters. The first kappa shape index (κ1) is 16.0. The molecule has 1 saturated carbocycles. The van der Waals surface area contributed by atoms with E-state index in [9.17, 15) is 9.59 Å². The number of carbonyl (C=O) groups excluding carboxylic acids is 2. The topological polar surface area (TPSA) is 81.4 Å². The molecule has 5 heteroatoms. The zero-order valence-electron chi connectivity index (χ0n) is 12.2. The highest BCUT2D eigenvalue weighted by atomic mass is 16.5. The van der Waals surface area contributed by atoms with Gasteiger partial charge in [-0.1, -0.05) is 20.3 Å². The van der Waals surface area contributed by atoms with E-state index in [-0.39, 0.29) is 23.7 Å². The van der Waals surface area contributed by atoms with E-state index >= 15 is 0 Å². The first-order valence-electron chi connectivity index (χ1n) is 7.15. The smallest absolute Gasteiger partial charge is 0.331 e. The minimum Gasteiger partial charge on any atom is -0.467 e. The average Bonchev–Trinajstić information content (AvgIpc) is 2.92. The molecule has 0 radical (unpaired) electrons. The summed E-state index contributed by atoms with van der Waals surface area (Å²) in [6, 6.07) is 0. The van der Waals surface area contributed by atoms with E-state index in [0.717, 1.165) is 19.3 Å². The van der Waals surface area contributed by atoms with Crippen molar-refractivity contribution >= 4 is 11.9 Å². The van der Waals surface area contributed by atoms with Gasteiger partial charge in [0.05, 0.1) is 7.11 Å². The average molecular weight is 270 g/mol. The summed E-state index contributed by atoms with van der Waals surface area (Å²) in [4.78, 5) is 24.3. The molecule has 5 nitrogen and oxygen atoms in total. The molecule has 0 aromatic carbocycles. The third-order valence-corrected chi connectivity index (χ3v) is 4.44. The summed E-state index contributed by atoms with van der Waals surface area (Å²) in [7, 11) is 1.35. The van der Waals surface area contributed by atoms with Crippen LogP contribution >= 0.6 is 0 Å². The largest absolute Gasteiger partial charge is 0.467 e. The number of nitrogens with one attached hydrogen (secondary N) is 1. The molecule has 0 aliphatic heterocycles. The fourth-order valence-electron chi connectivity index (χ4n) is 2.95. The van der Waals surface area contributed by atoms with Crippen molar-refractivity contribution in [3.05, 3.63) is 0 Å². The maximum Gasteiger partial charge on any atom is 0.331 e. The van der Waals surface area contributed by atoms with E-state index in [0.29, 0.717) is 19.4 Å². The minimum absolute atomic E-state index is 0.0537. The molecule has 19 heavy (non-hydrogen) atoms. The Kier molecular flexibility index (Phi) is 5.79. The van der Waals surface area contributed by atoms with Crippen molar-refractivity contribution in [2.45, 2.75) is 51.5 Å². The van der Waals surface area contributed by atoms with E-state index < -0.39 is 5.54 Å². The van der Waals surface area contributed by atoms with Crippen molar-refractivity contribution in [1.82, 2.24) is 5.32 Å². The first-order chi connectivity index (χ1) is 9.04. The van der Waals surface area contributed by atoms with Crippen LogP contribution in [0.3, 0.4) is 0 Å². The molecule has 1 aliphatic rings. The van der Waals surface area contributed by atoms with Crippen molar-refractivity contribution in [3.63, 3.8) is 0 Å². The predicted molar refractivity (Wildman–Crippen MR) is 73.4 cm³/mol. The second kappa shape index (κ2) is 6.89. The van der Waals surface area contributed by atoms with Crippen LogP contribution in [0.1, 0.15) is 46.0 Å². The van der Waals surface area contributed by atoms with Gasteiger partial charge in [-0.2, -0.15) is 0 Å². The van der Waals surface area contributed by atoms with E-state index in [2.05, 4.69) is 5.32 Å². The Labute approximate surface area is 115 Å². The molecule has 0 aromatic rings. The SMILES string of the molecule is CCC(CC)(NC(=O)[C@@H]1CCC[C@@H]1CN)C(=O)OC. The highest BCUT2D eigenvalue weighted by molar-refractivity contribution is 5.89. The number of carbonyl (C=O) groups is 2. The highest BCUT2D eigenvalue weighted by Gasteiger charge is 2.41. The van der Waals surface area contributed by atoms with Gasteiger partial charge in [-0.25, -0.2) is 4.79 Å². The Morgan fingerprint density at radius 3 is 2.42 bits per heavy atom. The van der Waals surface area contributed by atoms with Crippen LogP contribution in [0.5, 0.6) is 0 Å². The van der Waals surface area contributed by atoms with Crippen molar-refractivity contribution < 1.29 is 14.3 Å². The van der Waals surface area contributed by atoms with E-state index in [1.165, 1.54) is 7.11 Å². The molecule has 110 valence electrons. The Morgan fingerprint density at radius 1 is 1.32 bits per heavy atom. The maximum atomic E-state index is 12.4. The van der Waals surface area contributed by atoms with E-state index in [4.69, 9.17) is 10.5 Å². The van der Waals surface area contributed by atoms with Gasteiger partial charge in [-0.3, -0.25) is 4.79 Å². The lowest BCUT2D eigenvalue weighted by atomic mass is 9.89. The number of hydrogen-bond donors (Lipinski definition) is 2. The molecular weight excluding hydrogens is 244 g/mol. The number of ether oxygens (including phenoxy) is 1. The van der Waals surface area contributed by atoms with Crippen molar-refractivity contribution in [2.24, 2.45) is 17.6 Å². The van der Waals surface area contributed by atoms with Crippen LogP contribution in [0, 0.1) is 11.8 Å². The number of esters is 1. The van der Waals surface area contributed by atoms with Crippen LogP contribution in [0.2, 0.25) is 0 Å². The van der Waals surface area contributed by atoms with Crippen LogP contribution in [0.25, 0.3) is 0 Å².